The van der Waals surface area contributed by atoms with Gasteiger partial charge < -0.3 is 9.84 Å². The number of carbonyl (C=O) groups excluding carboxylic acids is 1. The van der Waals surface area contributed by atoms with Crippen LogP contribution in [0.5, 0.6) is 0 Å². The molecule has 1 saturated carbocycles. The lowest BCUT2D eigenvalue weighted by atomic mass is 10.0. The van der Waals surface area contributed by atoms with Crippen molar-refractivity contribution in [1.29, 1.82) is 0 Å². The smallest absolute Gasteiger partial charge is 0.302 e. The van der Waals surface area contributed by atoms with Crippen LogP contribution in [0.2, 0.25) is 0 Å². The van der Waals surface area contributed by atoms with Gasteiger partial charge in [0.25, 0.3) is 0 Å². The predicted octanol–water partition coefficient (Wildman–Crippen LogP) is 0.706. The Morgan fingerprint density at radius 1 is 1.54 bits per heavy atom. The van der Waals surface area contributed by atoms with E-state index in [1.165, 1.54) is 6.92 Å². The van der Waals surface area contributed by atoms with E-state index in [4.69, 9.17) is 0 Å². The molecule has 3 nitrogen and oxygen atoms in total. The summed E-state index contributed by atoms with van der Waals surface area (Å²) in [5, 5.41) is 9.39. The van der Waals surface area contributed by atoms with Gasteiger partial charge in [0.1, 0.15) is 6.61 Å². The Bertz CT molecular complexity index is 162. The third-order valence-corrected chi connectivity index (χ3v) is 1.68. The van der Waals surface area contributed by atoms with Crippen LogP contribution in [0.25, 0.3) is 0 Å². The van der Waals surface area contributed by atoms with Crippen molar-refractivity contribution < 1.29 is 14.6 Å². The molecule has 71 valence electrons. The molecule has 0 unspecified atom stereocenters. The normalized spacial score (nSPS) is 20.2. The Hall–Kier alpha value is -0.570. The van der Waals surface area contributed by atoms with Crippen LogP contribution in [0.15, 0.2) is 0 Å². The van der Waals surface area contributed by atoms with E-state index in [-0.39, 0.29) is 12.6 Å². The summed E-state index contributed by atoms with van der Waals surface area (Å²) in [6.07, 6.45) is 7.60. The zero-order valence-corrected chi connectivity index (χ0v) is 7.56. The summed E-state index contributed by atoms with van der Waals surface area (Å²) in [4.78, 5) is 10.4. The molecule has 1 aliphatic rings. The van der Waals surface area contributed by atoms with Gasteiger partial charge in [0.2, 0.25) is 0 Å². The molecule has 1 N–H and O–H groups in total. The molecule has 1 rings (SSSR count). The highest BCUT2D eigenvalue weighted by Gasteiger charge is 2.20. The van der Waals surface area contributed by atoms with Crippen molar-refractivity contribution in [1.82, 2.24) is 0 Å². The van der Waals surface area contributed by atoms with Crippen LogP contribution in [-0.2, 0) is 9.53 Å². The number of rotatable bonds is 4. The lowest BCUT2D eigenvalue weighted by molar-refractivity contribution is -0.143. The Morgan fingerprint density at radius 2 is 2.15 bits per heavy atom. The Morgan fingerprint density at radius 3 is 2.69 bits per heavy atom. The first kappa shape index (κ1) is 10.5. The summed E-state index contributed by atoms with van der Waals surface area (Å²) < 4.78 is 4.66. The highest BCUT2D eigenvalue weighted by molar-refractivity contribution is 5.65. The summed E-state index contributed by atoms with van der Waals surface area (Å²) in [6, 6.07) is 0. The lowest BCUT2D eigenvalue weighted by Crippen LogP contribution is -2.19. The lowest BCUT2D eigenvalue weighted by Gasteiger charge is -2.13. The molecule has 0 spiro atoms. The van der Waals surface area contributed by atoms with E-state index in [1.54, 1.807) is 0 Å². The molecule has 5 radical (unpaired) electrons. The number of hydrogen-bond donors (Lipinski definition) is 1. The van der Waals surface area contributed by atoms with Crippen LogP contribution in [0, 0.1) is 31.6 Å². The first-order valence-electron chi connectivity index (χ1n) is 4.20. The SMILES string of the molecule is CC(=O)OC[C@H](O)C[C]1[CH][CH][CH][CH]1. The van der Waals surface area contributed by atoms with Gasteiger partial charge in [-0.1, -0.05) is 0 Å². The number of esters is 1. The summed E-state index contributed by atoms with van der Waals surface area (Å²) >= 11 is 0. The van der Waals surface area contributed by atoms with Crippen LogP contribution < -0.4 is 0 Å². The summed E-state index contributed by atoms with van der Waals surface area (Å²) in [6.45, 7) is 1.40. The summed E-state index contributed by atoms with van der Waals surface area (Å²) in [7, 11) is 0. The number of aliphatic hydroxyl groups excluding tert-OH is 1. The van der Waals surface area contributed by atoms with Crippen molar-refractivity contribution in [2.24, 2.45) is 0 Å². The number of ether oxygens (including phenoxy) is 1. The van der Waals surface area contributed by atoms with Crippen LogP contribution in [0.3, 0.4) is 0 Å². The molecule has 0 bridgehead atoms. The second kappa shape index (κ2) is 5.22. The molecule has 0 heterocycles. The standard InChI is InChI=1S/C10H13O3/c1-8(11)13-7-10(12)6-9-4-2-3-5-9/h2-5,10,12H,6-7H2,1H3/t10-/m1/s1. The topological polar surface area (TPSA) is 46.5 Å². The molecule has 0 aromatic rings. The maximum Gasteiger partial charge on any atom is 0.302 e. The zero-order valence-electron chi connectivity index (χ0n) is 7.56. The van der Waals surface area contributed by atoms with Gasteiger partial charge in [0, 0.05) is 6.92 Å². The van der Waals surface area contributed by atoms with E-state index in [1.807, 2.05) is 25.7 Å². The minimum atomic E-state index is -0.605. The maximum absolute atomic E-state index is 10.4. The van der Waals surface area contributed by atoms with Gasteiger partial charge >= 0.3 is 5.97 Å². The van der Waals surface area contributed by atoms with Crippen molar-refractivity contribution in [2.75, 3.05) is 6.61 Å². The fourth-order valence-electron chi connectivity index (χ4n) is 1.09. The first-order valence-corrected chi connectivity index (χ1v) is 4.20. The summed E-state index contributed by atoms with van der Waals surface area (Å²) in [5.74, 6) is 0.696. The third-order valence-electron chi connectivity index (χ3n) is 1.68. The molecule has 1 aliphatic carbocycles. The van der Waals surface area contributed by atoms with Gasteiger partial charge in [-0.05, 0) is 38.0 Å². The maximum atomic E-state index is 10.4. The molecule has 0 aliphatic heterocycles. The summed E-state index contributed by atoms with van der Waals surface area (Å²) in [5.41, 5.74) is 0. The van der Waals surface area contributed by atoms with Crippen molar-refractivity contribution in [2.45, 2.75) is 19.4 Å². The molecule has 0 saturated heterocycles. The Kier molecular flexibility index (Phi) is 4.22. The third kappa shape index (κ3) is 4.27. The van der Waals surface area contributed by atoms with E-state index in [0.29, 0.717) is 6.42 Å². The second-order valence-corrected chi connectivity index (χ2v) is 2.95. The van der Waals surface area contributed by atoms with Crippen molar-refractivity contribution >= 4 is 5.97 Å². The van der Waals surface area contributed by atoms with E-state index in [2.05, 4.69) is 4.74 Å². The molecule has 13 heavy (non-hydrogen) atoms. The average molecular weight is 181 g/mol. The van der Waals surface area contributed by atoms with Crippen molar-refractivity contribution in [3.8, 4) is 0 Å². The van der Waals surface area contributed by atoms with Gasteiger partial charge in [0.05, 0.1) is 6.10 Å². The minimum absolute atomic E-state index is 0.0700. The van der Waals surface area contributed by atoms with E-state index in [9.17, 15) is 9.90 Å². The van der Waals surface area contributed by atoms with Crippen LogP contribution in [0.4, 0.5) is 0 Å². The minimum Gasteiger partial charge on any atom is -0.463 e. The van der Waals surface area contributed by atoms with Gasteiger partial charge in [-0.25, -0.2) is 0 Å². The molecule has 0 amide bonds. The second-order valence-electron chi connectivity index (χ2n) is 2.95. The monoisotopic (exact) mass is 181 g/mol. The fraction of sp³-hybridized carbons (Fsp3) is 0.400. The van der Waals surface area contributed by atoms with Gasteiger partial charge in [-0.15, -0.1) is 0 Å². The van der Waals surface area contributed by atoms with E-state index < -0.39 is 6.10 Å². The van der Waals surface area contributed by atoms with Crippen LogP contribution >= 0.6 is 0 Å². The average Bonchev–Trinajstić information content (AvgIpc) is 2.53. The molecular formula is C10H13O3. The van der Waals surface area contributed by atoms with Gasteiger partial charge in [-0.2, -0.15) is 0 Å². The molecule has 1 fully saturated rings. The highest BCUT2D eigenvalue weighted by Crippen LogP contribution is 2.27. The molecule has 0 aromatic heterocycles. The number of hydrogen-bond acceptors (Lipinski definition) is 3. The number of aliphatic hydroxyl groups is 1. The van der Waals surface area contributed by atoms with Gasteiger partial charge in [-0.3, -0.25) is 4.79 Å². The quantitative estimate of drug-likeness (QED) is 0.649. The number of carbonyl (C=O) groups is 1. The first-order chi connectivity index (χ1) is 6.18. The van der Waals surface area contributed by atoms with Crippen LogP contribution in [0.1, 0.15) is 13.3 Å². The van der Waals surface area contributed by atoms with E-state index >= 15 is 0 Å². The predicted molar refractivity (Wildman–Crippen MR) is 47.7 cm³/mol. The Balaban J connectivity index is 2.09. The highest BCUT2D eigenvalue weighted by atomic mass is 16.5. The van der Waals surface area contributed by atoms with Crippen molar-refractivity contribution in [3.05, 3.63) is 31.6 Å². The zero-order chi connectivity index (χ0) is 9.68. The van der Waals surface area contributed by atoms with Gasteiger partial charge in [0.15, 0.2) is 0 Å². The molecular weight excluding hydrogens is 168 g/mol. The van der Waals surface area contributed by atoms with E-state index in [0.717, 1.165) is 5.92 Å². The molecule has 1 atom stereocenters. The fourth-order valence-corrected chi connectivity index (χ4v) is 1.09. The Labute approximate surface area is 79.1 Å². The molecule has 3 heteroatoms. The van der Waals surface area contributed by atoms with Crippen molar-refractivity contribution in [3.63, 3.8) is 0 Å². The van der Waals surface area contributed by atoms with Crippen LogP contribution in [-0.4, -0.2) is 23.8 Å². The largest absolute Gasteiger partial charge is 0.463 e. The molecule has 0 aromatic carbocycles.